The van der Waals surface area contributed by atoms with Crippen LogP contribution in [0, 0.1) is 0 Å². The zero-order valence-electron chi connectivity index (χ0n) is 12.3. The Morgan fingerprint density at radius 3 is 2.52 bits per heavy atom. The molecule has 21 heavy (non-hydrogen) atoms. The predicted molar refractivity (Wildman–Crippen MR) is 85.6 cm³/mol. The van der Waals surface area contributed by atoms with E-state index in [1.54, 1.807) is 0 Å². The van der Waals surface area contributed by atoms with Crippen LogP contribution in [0.3, 0.4) is 0 Å². The van der Waals surface area contributed by atoms with Gasteiger partial charge in [0, 0.05) is 6.42 Å². The Balaban J connectivity index is 1.82. The molecule has 0 spiro atoms. The molecule has 0 aliphatic carbocycles. The van der Waals surface area contributed by atoms with E-state index in [-0.39, 0.29) is 5.91 Å². The van der Waals surface area contributed by atoms with Gasteiger partial charge in [-0.2, -0.15) is 0 Å². The molecule has 0 fully saturated rings. The second-order valence-electron chi connectivity index (χ2n) is 4.82. The first-order valence-electron chi connectivity index (χ1n) is 7.35. The highest BCUT2D eigenvalue weighted by Gasteiger charge is 2.07. The topological polar surface area (TPSA) is 38.3 Å². The van der Waals surface area contributed by atoms with Crippen LogP contribution in [-0.2, 0) is 11.2 Å². The van der Waals surface area contributed by atoms with Crippen LogP contribution in [0.15, 0.2) is 54.6 Å². The number of carbonyl (C=O) groups is 1. The molecule has 0 bridgehead atoms. The molecule has 2 aromatic carbocycles. The molecule has 0 radical (unpaired) electrons. The molecule has 0 heterocycles. The van der Waals surface area contributed by atoms with E-state index in [0.29, 0.717) is 13.0 Å². The molecule has 0 saturated heterocycles. The molecule has 0 saturated carbocycles. The second kappa shape index (κ2) is 8.10. The van der Waals surface area contributed by atoms with Gasteiger partial charge < -0.3 is 10.1 Å². The Morgan fingerprint density at radius 2 is 1.76 bits per heavy atom. The maximum absolute atomic E-state index is 12.0. The summed E-state index contributed by atoms with van der Waals surface area (Å²) in [6.07, 6.45) is 2.27. The molecule has 1 N–H and O–H groups in total. The summed E-state index contributed by atoms with van der Waals surface area (Å²) < 4.78 is 5.50. The lowest BCUT2D eigenvalue weighted by Crippen LogP contribution is -2.12. The van der Waals surface area contributed by atoms with E-state index >= 15 is 0 Å². The number of rotatable bonds is 7. The quantitative estimate of drug-likeness (QED) is 0.832. The minimum absolute atomic E-state index is 0.0260. The van der Waals surface area contributed by atoms with Crippen molar-refractivity contribution in [3.05, 3.63) is 60.2 Å². The largest absolute Gasteiger partial charge is 0.492 e. The smallest absolute Gasteiger partial charge is 0.224 e. The van der Waals surface area contributed by atoms with Crippen molar-refractivity contribution in [2.75, 3.05) is 11.9 Å². The molecule has 0 aliphatic heterocycles. The number of ether oxygens (including phenoxy) is 1. The first-order valence-corrected chi connectivity index (χ1v) is 7.35. The standard InChI is InChI=1S/C18H21NO2/c1-2-21-17-13-7-6-12-16(17)19-18(20)14-8-11-15-9-4-3-5-10-15/h3-7,9-10,12-13H,2,8,11,14H2,1H3,(H,19,20). The van der Waals surface area contributed by atoms with Crippen LogP contribution in [0.4, 0.5) is 5.69 Å². The minimum Gasteiger partial charge on any atom is -0.492 e. The molecule has 110 valence electrons. The highest BCUT2D eigenvalue weighted by molar-refractivity contribution is 5.92. The first kappa shape index (κ1) is 15.1. The number of hydrogen-bond acceptors (Lipinski definition) is 2. The molecule has 1 amide bonds. The summed E-state index contributed by atoms with van der Waals surface area (Å²) >= 11 is 0. The van der Waals surface area contributed by atoms with Crippen LogP contribution < -0.4 is 10.1 Å². The van der Waals surface area contributed by atoms with Crippen LogP contribution in [0.5, 0.6) is 5.75 Å². The summed E-state index contributed by atoms with van der Waals surface area (Å²) in [5, 5.41) is 2.92. The maximum Gasteiger partial charge on any atom is 0.224 e. The van der Waals surface area contributed by atoms with Crippen LogP contribution in [0.25, 0.3) is 0 Å². The molecule has 3 heteroatoms. The maximum atomic E-state index is 12.0. The Bertz CT molecular complexity index is 566. The van der Waals surface area contributed by atoms with Crippen LogP contribution >= 0.6 is 0 Å². The van der Waals surface area contributed by atoms with Gasteiger partial charge >= 0.3 is 0 Å². The normalized spacial score (nSPS) is 10.1. The average Bonchev–Trinajstić information content (AvgIpc) is 2.50. The number of nitrogens with one attached hydrogen (secondary N) is 1. The lowest BCUT2D eigenvalue weighted by molar-refractivity contribution is -0.116. The van der Waals surface area contributed by atoms with E-state index in [4.69, 9.17) is 4.74 Å². The number of benzene rings is 2. The molecule has 0 aliphatic rings. The van der Waals surface area contributed by atoms with Crippen LogP contribution in [0.2, 0.25) is 0 Å². The molecular formula is C18H21NO2. The average molecular weight is 283 g/mol. The molecule has 0 atom stereocenters. The number of amides is 1. The molecule has 2 rings (SSSR count). The summed E-state index contributed by atoms with van der Waals surface area (Å²) in [5.74, 6) is 0.745. The van der Waals surface area contributed by atoms with E-state index in [9.17, 15) is 4.79 Å². The van der Waals surface area contributed by atoms with E-state index in [1.807, 2.05) is 49.4 Å². The zero-order valence-corrected chi connectivity index (χ0v) is 12.3. The number of hydrogen-bond donors (Lipinski definition) is 1. The van der Waals surface area contributed by atoms with Crippen molar-refractivity contribution in [1.29, 1.82) is 0 Å². The summed E-state index contributed by atoms with van der Waals surface area (Å²) in [6.45, 7) is 2.51. The van der Waals surface area contributed by atoms with Gasteiger partial charge in [-0.15, -0.1) is 0 Å². The summed E-state index contributed by atoms with van der Waals surface area (Å²) in [4.78, 5) is 12.0. The monoisotopic (exact) mass is 283 g/mol. The van der Waals surface area contributed by atoms with Crippen molar-refractivity contribution >= 4 is 11.6 Å². The third kappa shape index (κ3) is 4.95. The van der Waals surface area contributed by atoms with Crippen LogP contribution in [-0.4, -0.2) is 12.5 Å². The van der Waals surface area contributed by atoms with Crippen LogP contribution in [0.1, 0.15) is 25.3 Å². The van der Waals surface area contributed by atoms with E-state index in [2.05, 4.69) is 17.4 Å². The summed E-state index contributed by atoms with van der Waals surface area (Å²) in [7, 11) is 0. The number of carbonyl (C=O) groups excluding carboxylic acids is 1. The predicted octanol–water partition coefficient (Wildman–Crippen LogP) is 4.05. The molecule has 2 aromatic rings. The van der Waals surface area contributed by atoms with Crippen molar-refractivity contribution in [2.45, 2.75) is 26.2 Å². The highest BCUT2D eigenvalue weighted by Crippen LogP contribution is 2.23. The SMILES string of the molecule is CCOc1ccccc1NC(=O)CCCc1ccccc1. The van der Waals surface area contributed by atoms with E-state index in [0.717, 1.165) is 24.3 Å². The van der Waals surface area contributed by atoms with Crippen molar-refractivity contribution < 1.29 is 9.53 Å². The third-order valence-electron chi connectivity index (χ3n) is 3.17. The lowest BCUT2D eigenvalue weighted by atomic mass is 10.1. The van der Waals surface area contributed by atoms with Gasteiger partial charge in [-0.1, -0.05) is 42.5 Å². The first-order chi connectivity index (χ1) is 10.3. The molecule has 3 nitrogen and oxygen atoms in total. The fraction of sp³-hybridized carbons (Fsp3) is 0.278. The van der Waals surface area contributed by atoms with Gasteiger partial charge in [-0.25, -0.2) is 0 Å². The Morgan fingerprint density at radius 1 is 1.05 bits per heavy atom. The number of para-hydroxylation sites is 2. The van der Waals surface area contributed by atoms with Crippen molar-refractivity contribution in [3.63, 3.8) is 0 Å². The number of anilines is 1. The van der Waals surface area contributed by atoms with Gasteiger partial charge in [-0.05, 0) is 37.5 Å². The Labute approximate surface area is 126 Å². The summed E-state index contributed by atoms with van der Waals surface area (Å²) in [5.41, 5.74) is 2.00. The highest BCUT2D eigenvalue weighted by atomic mass is 16.5. The van der Waals surface area contributed by atoms with Gasteiger partial charge in [0.15, 0.2) is 0 Å². The van der Waals surface area contributed by atoms with Gasteiger partial charge in [0.2, 0.25) is 5.91 Å². The Hall–Kier alpha value is -2.29. The molecule has 0 aromatic heterocycles. The van der Waals surface area contributed by atoms with Gasteiger partial charge in [0.1, 0.15) is 5.75 Å². The minimum atomic E-state index is 0.0260. The Kier molecular flexibility index (Phi) is 5.83. The zero-order chi connectivity index (χ0) is 14.9. The van der Waals surface area contributed by atoms with Gasteiger partial charge in [-0.3, -0.25) is 4.79 Å². The number of aryl methyl sites for hydroxylation is 1. The summed E-state index contributed by atoms with van der Waals surface area (Å²) in [6, 6.07) is 17.7. The lowest BCUT2D eigenvalue weighted by Gasteiger charge is -2.11. The molecule has 0 unspecified atom stereocenters. The second-order valence-corrected chi connectivity index (χ2v) is 4.82. The molecular weight excluding hydrogens is 262 g/mol. The van der Waals surface area contributed by atoms with E-state index < -0.39 is 0 Å². The fourth-order valence-electron chi connectivity index (χ4n) is 2.16. The fourth-order valence-corrected chi connectivity index (χ4v) is 2.16. The van der Waals surface area contributed by atoms with Gasteiger partial charge in [0.05, 0.1) is 12.3 Å². The van der Waals surface area contributed by atoms with Crippen molar-refractivity contribution in [1.82, 2.24) is 0 Å². The van der Waals surface area contributed by atoms with E-state index in [1.165, 1.54) is 5.56 Å². The van der Waals surface area contributed by atoms with Gasteiger partial charge in [0.25, 0.3) is 0 Å². The van der Waals surface area contributed by atoms with Crippen molar-refractivity contribution in [2.24, 2.45) is 0 Å². The van der Waals surface area contributed by atoms with Crippen molar-refractivity contribution in [3.8, 4) is 5.75 Å². The third-order valence-corrected chi connectivity index (χ3v) is 3.17.